The van der Waals surface area contributed by atoms with Crippen LogP contribution in [0, 0.1) is 11.3 Å². The highest BCUT2D eigenvalue weighted by atomic mass is 16.5. The van der Waals surface area contributed by atoms with Crippen LogP contribution in [0.5, 0.6) is 5.75 Å². The van der Waals surface area contributed by atoms with Gasteiger partial charge in [0, 0.05) is 10.9 Å². The number of fused-ring (bicyclic) bond motifs is 3. The maximum absolute atomic E-state index is 8.89. The number of aromatic amines is 1. The fourth-order valence-corrected chi connectivity index (χ4v) is 2.60. The Morgan fingerprint density at radius 3 is 2.70 bits per heavy atom. The number of pyridine rings is 1. The van der Waals surface area contributed by atoms with E-state index < -0.39 is 0 Å². The van der Waals surface area contributed by atoms with E-state index in [1.807, 2.05) is 30.3 Å². The third-order valence-electron chi connectivity index (χ3n) is 3.81. The maximum atomic E-state index is 8.89. The second-order valence-electron chi connectivity index (χ2n) is 5.18. The summed E-state index contributed by atoms with van der Waals surface area (Å²) in [5.41, 5.74) is 4.15. The molecule has 0 aliphatic rings. The zero-order valence-electron chi connectivity index (χ0n) is 12.4. The van der Waals surface area contributed by atoms with Gasteiger partial charge in [-0.2, -0.15) is 5.26 Å². The van der Waals surface area contributed by atoms with Gasteiger partial charge in [0.2, 0.25) is 0 Å². The van der Waals surface area contributed by atoms with E-state index in [9.17, 15) is 0 Å². The van der Waals surface area contributed by atoms with Crippen LogP contribution in [-0.2, 0) is 0 Å². The molecule has 110 valence electrons. The minimum Gasteiger partial charge on any atom is -0.497 e. The van der Waals surface area contributed by atoms with Gasteiger partial charge in [-0.3, -0.25) is 4.98 Å². The van der Waals surface area contributed by atoms with Crippen LogP contribution in [0.1, 0.15) is 5.56 Å². The Morgan fingerprint density at radius 2 is 1.96 bits per heavy atom. The van der Waals surface area contributed by atoms with Crippen LogP contribution in [0.25, 0.3) is 33.3 Å². The van der Waals surface area contributed by atoms with Crippen LogP contribution in [-0.4, -0.2) is 22.1 Å². The van der Waals surface area contributed by atoms with Gasteiger partial charge in [0.15, 0.2) is 0 Å². The summed E-state index contributed by atoms with van der Waals surface area (Å²) in [6.07, 6.45) is 1.78. The Kier molecular flexibility index (Phi) is 2.95. The summed E-state index contributed by atoms with van der Waals surface area (Å²) in [7, 11) is 1.64. The van der Waals surface area contributed by atoms with Crippen molar-refractivity contribution in [2.24, 2.45) is 0 Å². The second-order valence-corrected chi connectivity index (χ2v) is 5.18. The smallest absolute Gasteiger partial charge is 0.138 e. The molecule has 5 nitrogen and oxygen atoms in total. The van der Waals surface area contributed by atoms with Crippen molar-refractivity contribution in [1.82, 2.24) is 15.0 Å². The molecule has 2 aromatic heterocycles. The monoisotopic (exact) mass is 300 g/mol. The van der Waals surface area contributed by atoms with Crippen molar-refractivity contribution < 1.29 is 4.74 Å². The molecule has 0 aliphatic heterocycles. The number of rotatable bonds is 2. The number of nitrogens with one attached hydrogen (secondary N) is 1. The lowest BCUT2D eigenvalue weighted by molar-refractivity contribution is 0.415. The van der Waals surface area contributed by atoms with Crippen LogP contribution in [0.4, 0.5) is 0 Å². The fourth-order valence-electron chi connectivity index (χ4n) is 2.60. The molecule has 0 bridgehead atoms. The number of nitriles is 1. The van der Waals surface area contributed by atoms with Crippen molar-refractivity contribution in [3.63, 3.8) is 0 Å². The molecule has 2 heterocycles. The zero-order chi connectivity index (χ0) is 15.8. The molecule has 0 saturated carbocycles. The molecule has 5 heteroatoms. The molecular formula is C18H12N4O. The Balaban J connectivity index is 1.92. The predicted octanol–water partition coefficient (Wildman–Crippen LogP) is 3.66. The lowest BCUT2D eigenvalue weighted by Gasteiger charge is -2.01. The van der Waals surface area contributed by atoms with E-state index in [0.717, 1.165) is 39.1 Å². The summed E-state index contributed by atoms with van der Waals surface area (Å²) in [5.74, 6) is 1.52. The quantitative estimate of drug-likeness (QED) is 0.613. The van der Waals surface area contributed by atoms with Gasteiger partial charge in [-0.25, -0.2) is 4.98 Å². The lowest BCUT2D eigenvalue weighted by atomic mass is 10.1. The van der Waals surface area contributed by atoms with Crippen molar-refractivity contribution in [3.8, 4) is 23.2 Å². The molecule has 0 aliphatic carbocycles. The number of methoxy groups -OCH3 is 1. The Labute approximate surface area is 132 Å². The molecule has 23 heavy (non-hydrogen) atoms. The van der Waals surface area contributed by atoms with Crippen molar-refractivity contribution in [2.75, 3.05) is 7.11 Å². The zero-order valence-corrected chi connectivity index (χ0v) is 12.4. The van der Waals surface area contributed by atoms with Gasteiger partial charge >= 0.3 is 0 Å². The van der Waals surface area contributed by atoms with Crippen molar-refractivity contribution in [1.29, 1.82) is 5.26 Å². The van der Waals surface area contributed by atoms with Crippen molar-refractivity contribution in [3.05, 3.63) is 54.2 Å². The highest BCUT2D eigenvalue weighted by Crippen LogP contribution is 2.28. The standard InChI is InChI=1S/C18H12N4O/c1-23-13-6-7-15-14(8-13)17-16(10-20-15)21-18(22-17)12-4-2-11(9-19)3-5-12/h2-8,10H,1H3,(H,21,22). The minimum absolute atomic E-state index is 0.627. The third kappa shape index (κ3) is 2.17. The molecule has 2 aromatic carbocycles. The molecule has 0 atom stereocenters. The summed E-state index contributed by atoms with van der Waals surface area (Å²) in [4.78, 5) is 12.4. The number of imidazole rings is 1. The topological polar surface area (TPSA) is 74.6 Å². The van der Waals surface area contributed by atoms with Crippen molar-refractivity contribution in [2.45, 2.75) is 0 Å². The van der Waals surface area contributed by atoms with E-state index in [1.165, 1.54) is 0 Å². The molecule has 1 N–H and O–H groups in total. The van der Waals surface area contributed by atoms with E-state index in [0.29, 0.717) is 5.56 Å². The predicted molar refractivity (Wildman–Crippen MR) is 88.1 cm³/mol. The van der Waals surface area contributed by atoms with E-state index in [4.69, 9.17) is 15.0 Å². The largest absolute Gasteiger partial charge is 0.497 e. The summed E-state index contributed by atoms with van der Waals surface area (Å²) in [6.45, 7) is 0. The number of H-pyrrole nitrogens is 1. The number of ether oxygens (including phenoxy) is 1. The molecule has 0 unspecified atom stereocenters. The molecule has 0 radical (unpaired) electrons. The summed E-state index contributed by atoms with van der Waals surface area (Å²) in [6, 6.07) is 15.2. The average Bonchev–Trinajstić information content (AvgIpc) is 3.06. The maximum Gasteiger partial charge on any atom is 0.138 e. The first kappa shape index (κ1) is 13.3. The van der Waals surface area contributed by atoms with Crippen LogP contribution in [0.3, 0.4) is 0 Å². The van der Waals surface area contributed by atoms with Gasteiger partial charge in [0.05, 0.1) is 36.0 Å². The number of nitrogens with zero attached hydrogens (tertiary/aromatic N) is 3. The van der Waals surface area contributed by atoms with Gasteiger partial charge in [0.1, 0.15) is 17.1 Å². The number of benzene rings is 2. The Morgan fingerprint density at radius 1 is 1.13 bits per heavy atom. The Bertz CT molecular complexity index is 1060. The molecule has 4 aromatic rings. The van der Waals surface area contributed by atoms with Gasteiger partial charge in [-0.1, -0.05) is 0 Å². The van der Waals surface area contributed by atoms with Gasteiger partial charge in [-0.15, -0.1) is 0 Å². The highest BCUT2D eigenvalue weighted by molar-refractivity contribution is 6.03. The van der Waals surface area contributed by atoms with E-state index >= 15 is 0 Å². The average molecular weight is 300 g/mol. The first-order valence-electron chi connectivity index (χ1n) is 7.11. The van der Waals surface area contributed by atoms with E-state index in [-0.39, 0.29) is 0 Å². The van der Waals surface area contributed by atoms with Gasteiger partial charge in [0.25, 0.3) is 0 Å². The second kappa shape index (κ2) is 5.11. The molecule has 0 saturated heterocycles. The van der Waals surface area contributed by atoms with Crippen molar-refractivity contribution >= 4 is 21.9 Å². The number of aromatic nitrogens is 3. The summed E-state index contributed by atoms with van der Waals surface area (Å²) < 4.78 is 5.29. The highest BCUT2D eigenvalue weighted by Gasteiger charge is 2.10. The van der Waals surface area contributed by atoms with Gasteiger partial charge < -0.3 is 9.72 Å². The van der Waals surface area contributed by atoms with E-state index in [1.54, 1.807) is 25.4 Å². The molecular weight excluding hydrogens is 288 g/mol. The van der Waals surface area contributed by atoms with Crippen LogP contribution in [0.15, 0.2) is 48.7 Å². The van der Waals surface area contributed by atoms with Crippen LogP contribution >= 0.6 is 0 Å². The summed E-state index contributed by atoms with van der Waals surface area (Å²) in [5, 5.41) is 9.83. The minimum atomic E-state index is 0.627. The number of hydrogen-bond donors (Lipinski definition) is 1. The first-order chi connectivity index (χ1) is 11.3. The fraction of sp³-hybridized carbons (Fsp3) is 0.0556. The third-order valence-corrected chi connectivity index (χ3v) is 3.81. The molecule has 0 spiro atoms. The van der Waals surface area contributed by atoms with Crippen LogP contribution in [0.2, 0.25) is 0 Å². The molecule has 0 amide bonds. The normalized spacial score (nSPS) is 10.8. The molecule has 0 fully saturated rings. The Hall–Kier alpha value is -3.39. The SMILES string of the molecule is COc1ccc2ncc3[nH]c(-c4ccc(C#N)cc4)nc3c2c1. The van der Waals surface area contributed by atoms with E-state index in [2.05, 4.69) is 16.0 Å². The number of hydrogen-bond acceptors (Lipinski definition) is 4. The lowest BCUT2D eigenvalue weighted by Crippen LogP contribution is -1.85. The summed E-state index contributed by atoms with van der Waals surface area (Å²) >= 11 is 0. The first-order valence-corrected chi connectivity index (χ1v) is 7.11. The van der Waals surface area contributed by atoms with Gasteiger partial charge in [-0.05, 0) is 42.5 Å². The molecule has 4 rings (SSSR count). The van der Waals surface area contributed by atoms with Crippen LogP contribution < -0.4 is 4.74 Å².